The first-order valence-electron chi connectivity index (χ1n) is 9.64. The molecule has 0 radical (unpaired) electrons. The van der Waals surface area contributed by atoms with Crippen LogP contribution in [0.4, 0.5) is 5.69 Å². The number of aromatic nitrogens is 1. The highest BCUT2D eigenvalue weighted by atomic mass is 32.1. The summed E-state index contributed by atoms with van der Waals surface area (Å²) >= 11 is 1.40. The smallest absolute Gasteiger partial charge is 0.279 e. The fourth-order valence-corrected chi connectivity index (χ4v) is 4.27. The summed E-state index contributed by atoms with van der Waals surface area (Å²) in [6, 6.07) is 23.8. The highest BCUT2D eigenvalue weighted by molar-refractivity contribution is 7.16. The molecule has 5 nitrogen and oxygen atoms in total. The van der Waals surface area contributed by atoms with Gasteiger partial charge in [0.1, 0.15) is 6.04 Å². The normalized spacial score (nSPS) is 12.7. The minimum atomic E-state index is -0.550. The van der Waals surface area contributed by atoms with Crippen molar-refractivity contribution < 1.29 is 9.59 Å². The van der Waals surface area contributed by atoms with Gasteiger partial charge in [-0.1, -0.05) is 59.4 Å². The molecule has 4 aromatic rings. The van der Waals surface area contributed by atoms with Crippen molar-refractivity contribution in [2.45, 2.75) is 19.9 Å². The summed E-state index contributed by atoms with van der Waals surface area (Å²) in [6.45, 7) is 3.78. The van der Waals surface area contributed by atoms with Crippen molar-refractivity contribution in [1.82, 2.24) is 4.57 Å². The molecule has 1 N–H and O–H groups in total. The van der Waals surface area contributed by atoms with E-state index in [0.29, 0.717) is 10.4 Å². The van der Waals surface area contributed by atoms with Gasteiger partial charge in [0.2, 0.25) is 5.91 Å². The van der Waals surface area contributed by atoms with Gasteiger partial charge in [0.25, 0.3) is 5.91 Å². The van der Waals surface area contributed by atoms with Gasteiger partial charge in [-0.2, -0.15) is 4.99 Å². The second kappa shape index (κ2) is 8.47. The lowest BCUT2D eigenvalue weighted by Gasteiger charge is -2.15. The van der Waals surface area contributed by atoms with Gasteiger partial charge in [0, 0.05) is 11.3 Å². The van der Waals surface area contributed by atoms with E-state index in [1.54, 1.807) is 12.1 Å². The standard InChI is InChI=1S/C24H21N3O2S/c1-16-12-14-18(15-13-16)23(29)26-24-27(20-10-6-7-11-21(20)30-24)17(2)22(28)25-19-8-4-3-5-9-19/h3-15,17H,1-2H3,(H,25,28). The quantitative estimate of drug-likeness (QED) is 0.512. The summed E-state index contributed by atoms with van der Waals surface area (Å²) < 4.78 is 2.79. The van der Waals surface area contributed by atoms with Crippen molar-refractivity contribution in [2.24, 2.45) is 4.99 Å². The molecule has 6 heteroatoms. The molecular weight excluding hydrogens is 394 g/mol. The van der Waals surface area contributed by atoms with Gasteiger partial charge in [0.15, 0.2) is 4.80 Å². The highest BCUT2D eigenvalue weighted by Gasteiger charge is 2.20. The number of para-hydroxylation sites is 2. The lowest BCUT2D eigenvalue weighted by molar-refractivity contribution is -0.118. The van der Waals surface area contributed by atoms with Gasteiger partial charge in [0.05, 0.1) is 10.2 Å². The predicted molar refractivity (Wildman–Crippen MR) is 121 cm³/mol. The van der Waals surface area contributed by atoms with Crippen LogP contribution in [0.5, 0.6) is 0 Å². The number of anilines is 1. The first-order valence-corrected chi connectivity index (χ1v) is 10.5. The molecule has 0 aliphatic rings. The number of aryl methyl sites for hydroxylation is 1. The average Bonchev–Trinajstić information content (AvgIpc) is 3.12. The number of fused-ring (bicyclic) bond motifs is 1. The molecule has 0 bridgehead atoms. The van der Waals surface area contributed by atoms with Crippen LogP contribution in [0, 0.1) is 6.92 Å². The molecule has 1 aromatic heterocycles. The molecule has 150 valence electrons. The average molecular weight is 416 g/mol. The van der Waals surface area contributed by atoms with Crippen LogP contribution < -0.4 is 10.1 Å². The lowest BCUT2D eigenvalue weighted by Crippen LogP contribution is -2.30. The largest absolute Gasteiger partial charge is 0.324 e. The first-order chi connectivity index (χ1) is 14.5. The summed E-state index contributed by atoms with van der Waals surface area (Å²) in [4.78, 5) is 30.6. The zero-order valence-corrected chi connectivity index (χ0v) is 17.5. The summed E-state index contributed by atoms with van der Waals surface area (Å²) in [5, 5.41) is 2.93. The van der Waals surface area contributed by atoms with E-state index in [1.165, 1.54) is 11.3 Å². The van der Waals surface area contributed by atoms with Gasteiger partial charge in [-0.3, -0.25) is 9.59 Å². The second-order valence-electron chi connectivity index (χ2n) is 7.04. The maximum Gasteiger partial charge on any atom is 0.279 e. The highest BCUT2D eigenvalue weighted by Crippen LogP contribution is 2.22. The molecule has 30 heavy (non-hydrogen) atoms. The number of nitrogens with one attached hydrogen (secondary N) is 1. The van der Waals surface area contributed by atoms with E-state index in [2.05, 4.69) is 10.3 Å². The minimum absolute atomic E-state index is 0.172. The molecule has 0 aliphatic carbocycles. The Morgan fingerprint density at radius 3 is 2.33 bits per heavy atom. The Morgan fingerprint density at radius 1 is 0.933 bits per heavy atom. The summed E-state index contributed by atoms with van der Waals surface area (Å²) in [5.74, 6) is -0.500. The second-order valence-corrected chi connectivity index (χ2v) is 8.05. The number of hydrogen-bond donors (Lipinski definition) is 1. The molecule has 4 rings (SSSR count). The van der Waals surface area contributed by atoms with E-state index in [-0.39, 0.29) is 11.8 Å². The van der Waals surface area contributed by atoms with Crippen LogP contribution in [0.25, 0.3) is 10.2 Å². The van der Waals surface area contributed by atoms with Crippen molar-refractivity contribution >= 4 is 39.1 Å². The van der Waals surface area contributed by atoms with Gasteiger partial charge >= 0.3 is 0 Å². The molecule has 1 heterocycles. The number of carbonyl (C=O) groups excluding carboxylic acids is 2. The van der Waals surface area contributed by atoms with E-state index < -0.39 is 6.04 Å². The number of hydrogen-bond acceptors (Lipinski definition) is 3. The molecule has 0 saturated carbocycles. The molecule has 0 aliphatic heterocycles. The Kier molecular flexibility index (Phi) is 5.59. The molecule has 0 fully saturated rings. The Labute approximate surface area is 178 Å². The Balaban J connectivity index is 1.75. The molecule has 1 unspecified atom stereocenters. The number of rotatable bonds is 4. The fourth-order valence-electron chi connectivity index (χ4n) is 3.18. The third-order valence-corrected chi connectivity index (χ3v) is 5.87. The maximum atomic E-state index is 12.9. The van der Waals surface area contributed by atoms with Crippen LogP contribution in [0.3, 0.4) is 0 Å². The number of carbonyl (C=O) groups is 2. The van der Waals surface area contributed by atoms with Gasteiger partial charge < -0.3 is 9.88 Å². The summed E-state index contributed by atoms with van der Waals surface area (Å²) in [7, 11) is 0. The van der Waals surface area contributed by atoms with Crippen LogP contribution in [0.1, 0.15) is 28.9 Å². The molecular formula is C24H21N3O2S. The number of amides is 2. The van der Waals surface area contributed by atoms with Gasteiger partial charge in [-0.25, -0.2) is 0 Å². The minimum Gasteiger partial charge on any atom is -0.324 e. The summed E-state index contributed by atoms with van der Waals surface area (Å²) in [6.07, 6.45) is 0. The monoisotopic (exact) mass is 415 g/mol. The van der Waals surface area contributed by atoms with Crippen LogP contribution in [0.15, 0.2) is 83.9 Å². The van der Waals surface area contributed by atoms with Crippen molar-refractivity contribution in [3.05, 3.63) is 94.8 Å². The van der Waals surface area contributed by atoms with E-state index >= 15 is 0 Å². The molecule has 2 amide bonds. The van der Waals surface area contributed by atoms with E-state index in [1.807, 2.05) is 85.1 Å². The number of benzene rings is 3. The van der Waals surface area contributed by atoms with Crippen LogP contribution in [0.2, 0.25) is 0 Å². The van der Waals surface area contributed by atoms with E-state index in [9.17, 15) is 9.59 Å². The van der Waals surface area contributed by atoms with Crippen LogP contribution in [-0.2, 0) is 4.79 Å². The Morgan fingerprint density at radius 2 is 1.60 bits per heavy atom. The first kappa shape index (κ1) is 19.8. The molecule has 1 atom stereocenters. The Bertz CT molecular complexity index is 1270. The van der Waals surface area contributed by atoms with Crippen LogP contribution >= 0.6 is 11.3 Å². The number of thiazole rings is 1. The lowest BCUT2D eigenvalue weighted by atomic mass is 10.1. The van der Waals surface area contributed by atoms with Crippen LogP contribution in [-0.4, -0.2) is 16.4 Å². The zero-order chi connectivity index (χ0) is 21.1. The van der Waals surface area contributed by atoms with Crippen molar-refractivity contribution in [3.63, 3.8) is 0 Å². The fraction of sp³-hybridized carbons (Fsp3) is 0.125. The van der Waals surface area contributed by atoms with Crippen molar-refractivity contribution in [1.29, 1.82) is 0 Å². The SMILES string of the molecule is Cc1ccc(C(=O)N=c2sc3ccccc3n2C(C)C(=O)Nc2ccccc2)cc1. The summed E-state index contributed by atoms with van der Waals surface area (Å²) in [5.41, 5.74) is 3.19. The van der Waals surface area contributed by atoms with Gasteiger partial charge in [-0.15, -0.1) is 0 Å². The van der Waals surface area contributed by atoms with E-state index in [0.717, 1.165) is 21.5 Å². The number of nitrogens with zero attached hydrogens (tertiary/aromatic N) is 2. The molecule has 3 aromatic carbocycles. The topological polar surface area (TPSA) is 63.5 Å². The van der Waals surface area contributed by atoms with Crippen molar-refractivity contribution in [3.8, 4) is 0 Å². The third-order valence-electron chi connectivity index (χ3n) is 4.84. The third kappa shape index (κ3) is 4.09. The maximum absolute atomic E-state index is 12.9. The predicted octanol–water partition coefficient (Wildman–Crippen LogP) is 4.95. The van der Waals surface area contributed by atoms with Gasteiger partial charge in [-0.05, 0) is 50.2 Å². The van der Waals surface area contributed by atoms with E-state index in [4.69, 9.17) is 0 Å². The van der Waals surface area contributed by atoms with Crippen molar-refractivity contribution in [2.75, 3.05) is 5.32 Å². The molecule has 0 spiro atoms. The molecule has 0 saturated heterocycles. The zero-order valence-electron chi connectivity index (χ0n) is 16.7. The Hall–Kier alpha value is -3.51.